The number of rotatable bonds is 4. The van der Waals surface area contributed by atoms with Crippen molar-refractivity contribution in [3.63, 3.8) is 0 Å². The molecule has 0 bridgehead atoms. The number of hydrogen-bond acceptors (Lipinski definition) is 2. The predicted molar refractivity (Wildman–Crippen MR) is 99.1 cm³/mol. The van der Waals surface area contributed by atoms with Crippen molar-refractivity contribution in [2.75, 3.05) is 26.9 Å². The van der Waals surface area contributed by atoms with E-state index >= 15 is 0 Å². The summed E-state index contributed by atoms with van der Waals surface area (Å²) in [6, 6.07) is 10.2. The molecule has 2 fully saturated rings. The van der Waals surface area contributed by atoms with E-state index in [9.17, 15) is 4.79 Å². The summed E-state index contributed by atoms with van der Waals surface area (Å²) in [5.41, 5.74) is 0.906. The molecule has 0 spiro atoms. The third-order valence-electron chi connectivity index (χ3n) is 5.68. The molecule has 0 unspecified atom stereocenters. The minimum Gasteiger partial charge on any atom is -0.414 e. The second-order valence-electron chi connectivity index (χ2n) is 8.65. The fourth-order valence-electron chi connectivity index (χ4n) is 4.56. The van der Waals surface area contributed by atoms with E-state index in [1.807, 2.05) is 18.2 Å². The van der Waals surface area contributed by atoms with Crippen molar-refractivity contribution in [1.29, 1.82) is 0 Å². The Morgan fingerprint density at radius 1 is 1.08 bits per heavy atom. The van der Waals surface area contributed by atoms with Gasteiger partial charge in [-0.2, -0.15) is 0 Å². The highest BCUT2D eigenvalue weighted by atomic mass is 35.5. The molecular formula is C20H31ClNO2+. The number of nitrogens with zero attached hydrogens (tertiary/aromatic N) is 1. The van der Waals surface area contributed by atoms with Crippen LogP contribution in [0.2, 0.25) is 0 Å². The van der Waals surface area contributed by atoms with Crippen LogP contribution in [0.1, 0.15) is 51.5 Å². The van der Waals surface area contributed by atoms with Crippen LogP contribution in [-0.2, 0) is 14.9 Å². The molecule has 1 aromatic carbocycles. The number of piperidine rings is 1. The Morgan fingerprint density at radius 2 is 1.67 bits per heavy atom. The lowest BCUT2D eigenvalue weighted by atomic mass is 9.52. The van der Waals surface area contributed by atoms with Gasteiger partial charge in [0.05, 0.1) is 25.6 Å². The molecule has 3 rings (SSSR count). The summed E-state index contributed by atoms with van der Waals surface area (Å²) in [5.74, 6) is -0.0204. The van der Waals surface area contributed by atoms with Gasteiger partial charge in [0.2, 0.25) is 6.73 Å². The summed E-state index contributed by atoms with van der Waals surface area (Å²) in [6.07, 6.45) is 5.55. The van der Waals surface area contributed by atoms with Crippen molar-refractivity contribution >= 4 is 18.4 Å². The zero-order valence-corrected chi connectivity index (χ0v) is 16.0. The van der Waals surface area contributed by atoms with Gasteiger partial charge >= 0.3 is 5.97 Å². The molecule has 0 atom stereocenters. The van der Waals surface area contributed by atoms with Crippen molar-refractivity contribution in [2.45, 2.75) is 51.4 Å². The maximum atomic E-state index is 13.0. The molecule has 1 aliphatic carbocycles. The third-order valence-corrected chi connectivity index (χ3v) is 5.68. The highest BCUT2D eigenvalue weighted by Gasteiger charge is 2.56. The van der Waals surface area contributed by atoms with Crippen LogP contribution >= 0.6 is 12.4 Å². The molecule has 0 aromatic heterocycles. The van der Waals surface area contributed by atoms with Crippen LogP contribution in [-0.4, -0.2) is 37.3 Å². The summed E-state index contributed by atoms with van der Waals surface area (Å²) >= 11 is 0. The molecule has 1 aromatic rings. The van der Waals surface area contributed by atoms with Gasteiger partial charge in [0.15, 0.2) is 0 Å². The molecule has 4 heteroatoms. The van der Waals surface area contributed by atoms with Gasteiger partial charge in [-0.1, -0.05) is 44.2 Å². The van der Waals surface area contributed by atoms with E-state index < -0.39 is 5.41 Å². The lowest BCUT2D eigenvalue weighted by Gasteiger charge is -2.51. The lowest BCUT2D eigenvalue weighted by Crippen LogP contribution is -2.55. The van der Waals surface area contributed by atoms with Gasteiger partial charge in [0.25, 0.3) is 0 Å². The average Bonchev–Trinajstić information content (AvgIpc) is 2.51. The van der Waals surface area contributed by atoms with Gasteiger partial charge < -0.3 is 4.74 Å². The number of likely N-dealkylation sites (tertiary alicyclic amines) is 1. The van der Waals surface area contributed by atoms with Crippen molar-refractivity contribution < 1.29 is 14.0 Å². The van der Waals surface area contributed by atoms with Crippen molar-refractivity contribution in [2.24, 2.45) is 5.41 Å². The van der Waals surface area contributed by atoms with Crippen LogP contribution in [0, 0.1) is 5.41 Å². The molecule has 1 heterocycles. The zero-order valence-electron chi connectivity index (χ0n) is 15.2. The van der Waals surface area contributed by atoms with E-state index in [1.165, 1.54) is 19.3 Å². The summed E-state index contributed by atoms with van der Waals surface area (Å²) in [6.45, 7) is 7.24. The monoisotopic (exact) mass is 352 g/mol. The number of halogens is 1. The van der Waals surface area contributed by atoms with Gasteiger partial charge in [-0.25, -0.2) is 0 Å². The van der Waals surface area contributed by atoms with Crippen LogP contribution in [0.3, 0.4) is 0 Å². The van der Waals surface area contributed by atoms with Gasteiger partial charge in [-0.3, -0.25) is 9.28 Å². The highest BCUT2D eigenvalue weighted by molar-refractivity contribution is 5.85. The van der Waals surface area contributed by atoms with E-state index in [1.54, 1.807) is 0 Å². The molecule has 134 valence electrons. The first kappa shape index (κ1) is 19.3. The quantitative estimate of drug-likeness (QED) is 0.596. The van der Waals surface area contributed by atoms with Crippen molar-refractivity contribution in [3.05, 3.63) is 35.9 Å². The maximum Gasteiger partial charge on any atom is 0.320 e. The Labute approximate surface area is 152 Å². The molecule has 1 saturated carbocycles. The summed E-state index contributed by atoms with van der Waals surface area (Å²) in [5, 5.41) is 0. The van der Waals surface area contributed by atoms with E-state index in [0.717, 1.165) is 36.0 Å². The number of quaternary nitrogens is 1. The van der Waals surface area contributed by atoms with E-state index in [4.69, 9.17) is 4.74 Å². The first-order chi connectivity index (χ1) is 10.9. The Morgan fingerprint density at radius 3 is 2.21 bits per heavy atom. The summed E-state index contributed by atoms with van der Waals surface area (Å²) in [4.78, 5) is 13.0. The number of esters is 1. The lowest BCUT2D eigenvalue weighted by molar-refractivity contribution is -0.930. The Balaban J connectivity index is 0.00000208. The van der Waals surface area contributed by atoms with Gasteiger partial charge in [-0.05, 0) is 43.1 Å². The normalized spacial score (nSPS) is 23.5. The standard InChI is InChI=1S/C20H30NO2.ClH/c1-19(2)14-20(15-19,17-10-6-4-7-11-17)18(22)23-16-21(3)12-8-5-9-13-21;/h4,6-7,10-11H,5,8-9,12-16H2,1-3H3;1H/q+1;. The van der Waals surface area contributed by atoms with Crippen molar-refractivity contribution in [3.8, 4) is 0 Å². The molecule has 0 N–H and O–H groups in total. The van der Waals surface area contributed by atoms with Crippen LogP contribution in [0.5, 0.6) is 0 Å². The number of carbonyl (C=O) groups is 1. The zero-order chi connectivity index (χ0) is 16.6. The van der Waals surface area contributed by atoms with Crippen LogP contribution in [0.4, 0.5) is 0 Å². The molecule has 0 amide bonds. The second kappa shape index (κ2) is 7.05. The Bertz CT molecular complexity index is 556. The van der Waals surface area contributed by atoms with E-state index in [2.05, 4.69) is 33.0 Å². The number of carbonyl (C=O) groups excluding carboxylic acids is 1. The molecule has 1 saturated heterocycles. The third kappa shape index (κ3) is 3.78. The van der Waals surface area contributed by atoms with Crippen LogP contribution < -0.4 is 0 Å². The average molecular weight is 353 g/mol. The Hall–Kier alpha value is -1.06. The van der Waals surface area contributed by atoms with Gasteiger partial charge in [0, 0.05) is 0 Å². The van der Waals surface area contributed by atoms with Crippen molar-refractivity contribution in [1.82, 2.24) is 0 Å². The molecule has 24 heavy (non-hydrogen) atoms. The number of benzene rings is 1. The van der Waals surface area contributed by atoms with Gasteiger partial charge in [-0.15, -0.1) is 12.4 Å². The fraction of sp³-hybridized carbons (Fsp3) is 0.650. The molecule has 2 aliphatic rings. The first-order valence-electron chi connectivity index (χ1n) is 8.92. The minimum absolute atomic E-state index is 0. The second-order valence-corrected chi connectivity index (χ2v) is 8.65. The SMILES string of the molecule is CC1(C)CC(C(=O)OC[N+]2(C)CCCCC2)(c2ccccc2)C1.Cl. The molecule has 1 aliphatic heterocycles. The minimum atomic E-state index is -0.431. The maximum absolute atomic E-state index is 13.0. The van der Waals surface area contributed by atoms with E-state index in [0.29, 0.717) is 6.73 Å². The summed E-state index contributed by atoms with van der Waals surface area (Å²) in [7, 11) is 2.21. The first-order valence-corrected chi connectivity index (χ1v) is 8.92. The van der Waals surface area contributed by atoms with Gasteiger partial charge in [0.1, 0.15) is 0 Å². The number of ether oxygens (including phenoxy) is 1. The molecule has 3 nitrogen and oxygen atoms in total. The highest BCUT2D eigenvalue weighted by Crippen LogP contribution is 2.56. The fourth-order valence-corrected chi connectivity index (χ4v) is 4.56. The summed E-state index contributed by atoms with van der Waals surface area (Å²) < 4.78 is 6.75. The molecular weight excluding hydrogens is 322 g/mol. The van der Waals surface area contributed by atoms with E-state index in [-0.39, 0.29) is 23.8 Å². The Kier molecular flexibility index (Phi) is 5.66. The predicted octanol–water partition coefficient (Wildman–Crippen LogP) is 4.30. The molecule has 0 radical (unpaired) electrons. The smallest absolute Gasteiger partial charge is 0.320 e. The largest absolute Gasteiger partial charge is 0.414 e. The van der Waals surface area contributed by atoms with Crippen LogP contribution in [0.25, 0.3) is 0 Å². The topological polar surface area (TPSA) is 26.3 Å². The number of hydrogen-bond donors (Lipinski definition) is 0. The van der Waals surface area contributed by atoms with Crippen LogP contribution in [0.15, 0.2) is 30.3 Å².